The molecule has 1 atom stereocenters. The van der Waals surface area contributed by atoms with Gasteiger partial charge in [-0.05, 0) is 32.8 Å². The molecule has 0 radical (unpaired) electrons. The predicted molar refractivity (Wildman–Crippen MR) is 76.4 cm³/mol. The summed E-state index contributed by atoms with van der Waals surface area (Å²) < 4.78 is 5.45. The van der Waals surface area contributed by atoms with Gasteiger partial charge in [-0.25, -0.2) is 4.98 Å². The van der Waals surface area contributed by atoms with Crippen LogP contribution in [-0.4, -0.2) is 23.2 Å². The fourth-order valence-corrected chi connectivity index (χ4v) is 2.77. The van der Waals surface area contributed by atoms with E-state index in [1.54, 1.807) is 0 Å². The quantitative estimate of drug-likeness (QED) is 0.893. The number of hydrogen-bond donors (Lipinski definition) is 1. The number of rotatable bonds is 2. The zero-order valence-electron chi connectivity index (χ0n) is 11.8. The van der Waals surface area contributed by atoms with Crippen molar-refractivity contribution in [3.63, 3.8) is 0 Å². The molecule has 1 N–H and O–H groups in total. The summed E-state index contributed by atoms with van der Waals surface area (Å²) in [6.45, 7) is 8.01. The highest BCUT2D eigenvalue weighted by Crippen LogP contribution is 2.29. The number of imidazole rings is 1. The van der Waals surface area contributed by atoms with Crippen molar-refractivity contribution in [1.82, 2.24) is 9.97 Å². The number of nitrogens with zero attached hydrogens (tertiary/aromatic N) is 1. The summed E-state index contributed by atoms with van der Waals surface area (Å²) in [7, 11) is 0. The molecule has 0 saturated carbocycles. The van der Waals surface area contributed by atoms with Crippen LogP contribution in [0.2, 0.25) is 0 Å². The minimum Gasteiger partial charge on any atom is -0.381 e. The number of aromatic nitrogens is 2. The van der Waals surface area contributed by atoms with Gasteiger partial charge in [0.1, 0.15) is 5.82 Å². The summed E-state index contributed by atoms with van der Waals surface area (Å²) in [5.74, 6) is 1.50. The summed E-state index contributed by atoms with van der Waals surface area (Å²) in [5.41, 5.74) is 6.03. The molecule has 3 heteroatoms. The van der Waals surface area contributed by atoms with Gasteiger partial charge in [-0.2, -0.15) is 0 Å². The fraction of sp³-hybridized carbons (Fsp3) is 0.438. The lowest BCUT2D eigenvalue weighted by Crippen LogP contribution is -1.99. The Labute approximate surface area is 114 Å². The second-order valence-electron chi connectivity index (χ2n) is 5.47. The Bertz CT molecular complexity index is 595. The summed E-state index contributed by atoms with van der Waals surface area (Å²) in [4.78, 5) is 8.25. The maximum atomic E-state index is 5.45. The van der Waals surface area contributed by atoms with E-state index >= 15 is 0 Å². The molecule has 1 aromatic heterocycles. The van der Waals surface area contributed by atoms with E-state index < -0.39 is 0 Å². The van der Waals surface area contributed by atoms with Crippen LogP contribution in [-0.2, 0) is 4.74 Å². The Balaban J connectivity index is 2.00. The smallest absolute Gasteiger partial charge is 0.112 e. The van der Waals surface area contributed by atoms with Gasteiger partial charge < -0.3 is 9.72 Å². The van der Waals surface area contributed by atoms with E-state index in [2.05, 4.69) is 44.0 Å². The van der Waals surface area contributed by atoms with Crippen molar-refractivity contribution in [3.05, 3.63) is 40.8 Å². The van der Waals surface area contributed by atoms with Crippen LogP contribution >= 0.6 is 0 Å². The first-order valence-corrected chi connectivity index (χ1v) is 6.87. The number of nitrogens with one attached hydrogen (secondary N) is 1. The molecule has 1 aliphatic heterocycles. The highest BCUT2D eigenvalue weighted by molar-refractivity contribution is 5.66. The van der Waals surface area contributed by atoms with Gasteiger partial charge >= 0.3 is 0 Å². The molecule has 1 aliphatic rings. The molecular weight excluding hydrogens is 236 g/mol. The molecule has 1 saturated heterocycles. The van der Waals surface area contributed by atoms with Gasteiger partial charge in [0.25, 0.3) is 0 Å². The second-order valence-corrected chi connectivity index (χ2v) is 5.47. The van der Waals surface area contributed by atoms with Gasteiger partial charge in [0.2, 0.25) is 0 Å². The number of H-pyrrole nitrogens is 1. The van der Waals surface area contributed by atoms with Gasteiger partial charge in [-0.3, -0.25) is 0 Å². The monoisotopic (exact) mass is 256 g/mol. The third-order valence-electron chi connectivity index (χ3n) is 3.86. The molecule has 0 amide bonds. The first-order valence-electron chi connectivity index (χ1n) is 6.87. The van der Waals surface area contributed by atoms with Crippen molar-refractivity contribution in [2.75, 3.05) is 13.2 Å². The topological polar surface area (TPSA) is 37.9 Å². The molecule has 0 aliphatic carbocycles. The summed E-state index contributed by atoms with van der Waals surface area (Å²) in [6, 6.07) is 6.53. The molecule has 100 valence electrons. The molecule has 19 heavy (non-hydrogen) atoms. The Kier molecular flexibility index (Phi) is 3.15. The lowest BCUT2D eigenvalue weighted by Gasteiger charge is -2.05. The number of ether oxygens (including phenoxy) is 1. The van der Waals surface area contributed by atoms with Crippen LogP contribution in [0.5, 0.6) is 0 Å². The highest BCUT2D eigenvalue weighted by Gasteiger charge is 2.22. The molecular formula is C16H20N2O. The van der Waals surface area contributed by atoms with E-state index in [4.69, 9.17) is 9.72 Å². The average molecular weight is 256 g/mol. The number of aromatic amines is 1. The van der Waals surface area contributed by atoms with Crippen LogP contribution in [0.1, 0.15) is 35.0 Å². The number of aryl methyl sites for hydroxylation is 3. The van der Waals surface area contributed by atoms with Crippen molar-refractivity contribution in [3.8, 4) is 11.3 Å². The van der Waals surface area contributed by atoms with E-state index in [1.807, 2.05) is 0 Å². The molecule has 1 fully saturated rings. The Morgan fingerprint density at radius 2 is 2.11 bits per heavy atom. The molecule has 1 aromatic carbocycles. The highest BCUT2D eigenvalue weighted by atomic mass is 16.5. The minimum atomic E-state index is 0.429. The molecule has 2 aromatic rings. The molecule has 0 spiro atoms. The van der Waals surface area contributed by atoms with E-state index in [-0.39, 0.29) is 0 Å². The van der Waals surface area contributed by atoms with E-state index in [0.717, 1.165) is 36.8 Å². The zero-order chi connectivity index (χ0) is 13.4. The fourth-order valence-electron chi connectivity index (χ4n) is 2.77. The summed E-state index contributed by atoms with van der Waals surface area (Å²) in [6.07, 6.45) is 1.07. The third-order valence-corrected chi connectivity index (χ3v) is 3.86. The lowest BCUT2D eigenvalue weighted by molar-refractivity contribution is 0.193. The van der Waals surface area contributed by atoms with Gasteiger partial charge in [-0.15, -0.1) is 0 Å². The van der Waals surface area contributed by atoms with E-state index in [0.29, 0.717) is 5.92 Å². The van der Waals surface area contributed by atoms with E-state index in [1.165, 1.54) is 16.7 Å². The van der Waals surface area contributed by atoms with Crippen molar-refractivity contribution in [2.24, 2.45) is 0 Å². The van der Waals surface area contributed by atoms with Gasteiger partial charge in [0.15, 0.2) is 0 Å². The average Bonchev–Trinajstić information content (AvgIpc) is 2.98. The molecule has 3 nitrogen and oxygen atoms in total. The first-order chi connectivity index (χ1) is 9.15. The SMILES string of the molecule is Cc1ccc(-c2nc(C3CCOC3)[nH]c2C)c(C)c1. The van der Waals surface area contributed by atoms with Crippen molar-refractivity contribution < 1.29 is 4.74 Å². The minimum absolute atomic E-state index is 0.429. The molecule has 0 bridgehead atoms. The Hall–Kier alpha value is -1.61. The van der Waals surface area contributed by atoms with E-state index in [9.17, 15) is 0 Å². The number of benzene rings is 1. The predicted octanol–water partition coefficient (Wildman–Crippen LogP) is 3.51. The van der Waals surface area contributed by atoms with Crippen LogP contribution in [0.3, 0.4) is 0 Å². The summed E-state index contributed by atoms with van der Waals surface area (Å²) >= 11 is 0. The maximum absolute atomic E-state index is 5.45. The van der Waals surface area contributed by atoms with Crippen molar-refractivity contribution in [2.45, 2.75) is 33.1 Å². The second kappa shape index (κ2) is 4.82. The van der Waals surface area contributed by atoms with Crippen LogP contribution in [0.4, 0.5) is 0 Å². The molecule has 2 heterocycles. The third kappa shape index (κ3) is 2.30. The number of hydrogen-bond acceptors (Lipinski definition) is 2. The van der Waals surface area contributed by atoms with Crippen LogP contribution in [0.15, 0.2) is 18.2 Å². The molecule has 3 rings (SSSR count). The van der Waals surface area contributed by atoms with Crippen molar-refractivity contribution >= 4 is 0 Å². The zero-order valence-corrected chi connectivity index (χ0v) is 11.8. The Morgan fingerprint density at radius 3 is 2.79 bits per heavy atom. The molecule has 1 unspecified atom stereocenters. The first kappa shape index (κ1) is 12.4. The summed E-state index contributed by atoms with van der Waals surface area (Å²) in [5, 5.41) is 0. The lowest BCUT2D eigenvalue weighted by atomic mass is 10.0. The van der Waals surface area contributed by atoms with Crippen molar-refractivity contribution in [1.29, 1.82) is 0 Å². The van der Waals surface area contributed by atoms with Crippen LogP contribution < -0.4 is 0 Å². The maximum Gasteiger partial charge on any atom is 0.112 e. The Morgan fingerprint density at radius 1 is 1.26 bits per heavy atom. The normalized spacial score (nSPS) is 19.0. The van der Waals surface area contributed by atoms with Gasteiger partial charge in [0.05, 0.1) is 12.3 Å². The largest absolute Gasteiger partial charge is 0.381 e. The standard InChI is InChI=1S/C16H20N2O/c1-10-4-5-14(11(2)8-10)15-12(3)17-16(18-15)13-6-7-19-9-13/h4-5,8,13H,6-7,9H2,1-3H3,(H,17,18). The van der Waals surface area contributed by atoms with Crippen LogP contribution in [0, 0.1) is 20.8 Å². The van der Waals surface area contributed by atoms with Gasteiger partial charge in [-0.1, -0.05) is 23.8 Å². The van der Waals surface area contributed by atoms with Gasteiger partial charge in [0, 0.05) is 23.8 Å². The van der Waals surface area contributed by atoms with Crippen LogP contribution in [0.25, 0.3) is 11.3 Å².